The number of nitrogens with one attached hydrogen (secondary N) is 1. The van der Waals surface area contributed by atoms with Crippen molar-refractivity contribution in [2.45, 2.75) is 6.18 Å². The van der Waals surface area contributed by atoms with Gasteiger partial charge in [-0.25, -0.2) is 4.79 Å². The van der Waals surface area contributed by atoms with E-state index in [-0.39, 0.29) is 5.56 Å². The number of carbonyl (C=O) groups is 2. The quantitative estimate of drug-likeness (QED) is 0.815. The Hall–Kier alpha value is -2.31. The molecule has 1 rings (SSSR count). The zero-order chi connectivity index (χ0) is 13.8. The Bertz CT molecular complexity index is 480. The Morgan fingerprint density at radius 2 is 1.72 bits per heavy atom. The van der Waals surface area contributed by atoms with E-state index in [0.717, 1.165) is 0 Å². The summed E-state index contributed by atoms with van der Waals surface area (Å²) >= 11 is 0. The molecule has 0 heterocycles. The van der Waals surface area contributed by atoms with E-state index in [9.17, 15) is 22.8 Å². The van der Waals surface area contributed by atoms with Crippen LogP contribution < -0.4 is 5.32 Å². The first kappa shape index (κ1) is 13.8. The maximum Gasteiger partial charge on any atom is 0.412 e. The van der Waals surface area contributed by atoms with Crippen LogP contribution >= 0.6 is 0 Å². The molecule has 4 nitrogen and oxygen atoms in total. The van der Waals surface area contributed by atoms with Gasteiger partial charge in [-0.2, -0.15) is 13.2 Å². The minimum atomic E-state index is -4.82. The highest BCUT2D eigenvalue weighted by Crippen LogP contribution is 2.18. The lowest BCUT2D eigenvalue weighted by Crippen LogP contribution is -2.28. The molecular weight excluding hydrogens is 251 g/mol. The standard InChI is InChI=1S/C11H8F3NO3/c12-11(13,14)6-8(10(17)18)15-9(16)7-4-2-1-3-5-7/h1-6H,(H,15,16)(H,17,18)/b8-6-. The smallest absolute Gasteiger partial charge is 0.412 e. The van der Waals surface area contributed by atoms with E-state index in [1.807, 2.05) is 0 Å². The molecule has 1 aromatic rings. The average Bonchev–Trinajstić information content (AvgIpc) is 2.27. The minimum absolute atomic E-state index is 0.0619. The number of benzene rings is 1. The topological polar surface area (TPSA) is 66.4 Å². The molecule has 0 saturated carbocycles. The SMILES string of the molecule is O=C(O)/C(=C/C(F)(F)F)NC(=O)c1ccccc1. The van der Waals surface area contributed by atoms with E-state index < -0.39 is 29.8 Å². The van der Waals surface area contributed by atoms with Crippen LogP contribution in [0.4, 0.5) is 13.2 Å². The highest BCUT2D eigenvalue weighted by atomic mass is 19.4. The third kappa shape index (κ3) is 4.28. The molecule has 96 valence electrons. The van der Waals surface area contributed by atoms with Crippen LogP contribution in [0, 0.1) is 0 Å². The molecule has 2 N–H and O–H groups in total. The number of hydrogen-bond donors (Lipinski definition) is 2. The molecule has 0 atom stereocenters. The van der Waals surface area contributed by atoms with Gasteiger partial charge in [-0.1, -0.05) is 18.2 Å². The lowest BCUT2D eigenvalue weighted by atomic mass is 10.2. The predicted molar refractivity (Wildman–Crippen MR) is 55.7 cm³/mol. The zero-order valence-corrected chi connectivity index (χ0v) is 8.86. The predicted octanol–water partition coefficient (Wildman–Crippen LogP) is 1.95. The van der Waals surface area contributed by atoms with Crippen molar-refractivity contribution in [1.82, 2.24) is 5.32 Å². The van der Waals surface area contributed by atoms with Gasteiger partial charge in [0.15, 0.2) is 0 Å². The fourth-order valence-corrected chi connectivity index (χ4v) is 1.10. The second-order valence-electron chi connectivity index (χ2n) is 3.22. The van der Waals surface area contributed by atoms with Gasteiger partial charge in [-0.3, -0.25) is 4.79 Å². The van der Waals surface area contributed by atoms with Crippen molar-refractivity contribution in [3.05, 3.63) is 47.7 Å². The van der Waals surface area contributed by atoms with Crippen LogP contribution in [0.15, 0.2) is 42.1 Å². The molecule has 0 bridgehead atoms. The molecule has 0 unspecified atom stereocenters. The molecule has 0 fully saturated rings. The number of amides is 1. The van der Waals surface area contributed by atoms with Gasteiger partial charge in [0.1, 0.15) is 5.70 Å². The number of hydrogen-bond acceptors (Lipinski definition) is 2. The van der Waals surface area contributed by atoms with Crippen molar-refractivity contribution in [2.75, 3.05) is 0 Å². The number of alkyl halides is 3. The van der Waals surface area contributed by atoms with E-state index >= 15 is 0 Å². The number of aliphatic carboxylic acids is 1. The van der Waals surface area contributed by atoms with Crippen LogP contribution in [0.2, 0.25) is 0 Å². The summed E-state index contributed by atoms with van der Waals surface area (Å²) in [6, 6.07) is 7.32. The molecular formula is C11H8F3NO3. The minimum Gasteiger partial charge on any atom is -0.477 e. The van der Waals surface area contributed by atoms with Crippen molar-refractivity contribution >= 4 is 11.9 Å². The summed E-state index contributed by atoms with van der Waals surface area (Å²) < 4.78 is 36.1. The van der Waals surface area contributed by atoms with Gasteiger partial charge in [0.25, 0.3) is 5.91 Å². The molecule has 1 amide bonds. The van der Waals surface area contributed by atoms with E-state index in [4.69, 9.17) is 5.11 Å². The van der Waals surface area contributed by atoms with Crippen LogP contribution in [0.25, 0.3) is 0 Å². The normalized spacial score (nSPS) is 12.1. The highest BCUT2D eigenvalue weighted by Gasteiger charge is 2.27. The number of allylic oxidation sites excluding steroid dienone is 1. The molecule has 7 heteroatoms. The first-order valence-electron chi connectivity index (χ1n) is 4.69. The highest BCUT2D eigenvalue weighted by molar-refractivity contribution is 6.00. The van der Waals surface area contributed by atoms with Gasteiger partial charge >= 0.3 is 12.1 Å². The van der Waals surface area contributed by atoms with E-state index in [2.05, 4.69) is 0 Å². The summed E-state index contributed by atoms with van der Waals surface area (Å²) in [7, 11) is 0. The van der Waals surface area contributed by atoms with Crippen molar-refractivity contribution in [1.29, 1.82) is 0 Å². The third-order valence-corrected chi connectivity index (χ3v) is 1.82. The molecule has 0 aromatic heterocycles. The molecule has 0 aliphatic rings. The number of carbonyl (C=O) groups excluding carboxylic acids is 1. The Morgan fingerprint density at radius 3 is 2.17 bits per heavy atom. The number of halogens is 3. The van der Waals surface area contributed by atoms with Gasteiger partial charge in [-0.15, -0.1) is 0 Å². The van der Waals surface area contributed by atoms with Gasteiger partial charge in [0.05, 0.1) is 6.08 Å². The van der Waals surface area contributed by atoms with Crippen LogP contribution in [0.3, 0.4) is 0 Å². The van der Waals surface area contributed by atoms with E-state index in [0.29, 0.717) is 0 Å². The van der Waals surface area contributed by atoms with Crippen molar-refractivity contribution in [3.8, 4) is 0 Å². The van der Waals surface area contributed by atoms with Gasteiger partial charge in [-0.05, 0) is 12.1 Å². The Balaban J connectivity index is 2.90. The first-order valence-corrected chi connectivity index (χ1v) is 4.69. The summed E-state index contributed by atoms with van der Waals surface area (Å²) in [5.41, 5.74) is -1.16. The van der Waals surface area contributed by atoms with Crippen LogP contribution in [-0.2, 0) is 4.79 Å². The fraction of sp³-hybridized carbons (Fsp3) is 0.0909. The molecule has 0 aliphatic carbocycles. The number of carboxylic acids is 1. The lowest BCUT2D eigenvalue weighted by molar-refractivity contribution is -0.134. The summed E-state index contributed by atoms with van der Waals surface area (Å²) in [6.07, 6.45) is -5.30. The molecule has 18 heavy (non-hydrogen) atoms. The first-order chi connectivity index (χ1) is 8.29. The maximum absolute atomic E-state index is 12.0. The average molecular weight is 259 g/mol. The van der Waals surface area contributed by atoms with Crippen LogP contribution in [0.1, 0.15) is 10.4 Å². The lowest BCUT2D eigenvalue weighted by Gasteiger charge is -2.07. The monoisotopic (exact) mass is 259 g/mol. The Morgan fingerprint density at radius 1 is 1.17 bits per heavy atom. The molecule has 0 radical (unpaired) electrons. The van der Waals surface area contributed by atoms with Gasteiger partial charge < -0.3 is 10.4 Å². The molecule has 0 saturated heterocycles. The van der Waals surface area contributed by atoms with E-state index in [1.165, 1.54) is 24.3 Å². The van der Waals surface area contributed by atoms with Crippen LogP contribution in [0.5, 0.6) is 0 Å². The molecule has 0 aliphatic heterocycles. The fourth-order valence-electron chi connectivity index (χ4n) is 1.10. The van der Waals surface area contributed by atoms with Gasteiger partial charge in [0.2, 0.25) is 0 Å². The second-order valence-corrected chi connectivity index (χ2v) is 3.22. The van der Waals surface area contributed by atoms with Crippen molar-refractivity contribution in [3.63, 3.8) is 0 Å². The second kappa shape index (κ2) is 5.35. The van der Waals surface area contributed by atoms with Crippen LogP contribution in [-0.4, -0.2) is 23.2 Å². The Labute approximate surface area is 99.7 Å². The number of rotatable bonds is 3. The summed E-state index contributed by atoms with van der Waals surface area (Å²) in [4.78, 5) is 22.0. The van der Waals surface area contributed by atoms with Crippen molar-refractivity contribution in [2.24, 2.45) is 0 Å². The molecule has 1 aromatic carbocycles. The summed E-state index contributed by atoms with van der Waals surface area (Å²) in [6.45, 7) is 0. The van der Waals surface area contributed by atoms with Gasteiger partial charge in [0, 0.05) is 5.56 Å². The Kier molecular flexibility index (Phi) is 4.09. The third-order valence-electron chi connectivity index (χ3n) is 1.82. The maximum atomic E-state index is 12.0. The van der Waals surface area contributed by atoms with E-state index in [1.54, 1.807) is 11.4 Å². The number of carboxylic acid groups (broad SMARTS) is 1. The molecule has 0 spiro atoms. The summed E-state index contributed by atoms with van der Waals surface area (Å²) in [5.74, 6) is -2.79. The summed E-state index contributed by atoms with van der Waals surface area (Å²) in [5, 5.41) is 10.2. The zero-order valence-electron chi connectivity index (χ0n) is 8.86. The van der Waals surface area contributed by atoms with Crippen molar-refractivity contribution < 1.29 is 27.9 Å². The largest absolute Gasteiger partial charge is 0.477 e.